The van der Waals surface area contributed by atoms with Gasteiger partial charge in [-0.1, -0.05) is 24.3 Å². The molecule has 2 aromatic rings. The lowest BCUT2D eigenvalue weighted by Gasteiger charge is -2.23. The Morgan fingerprint density at radius 2 is 2.05 bits per heavy atom. The highest BCUT2D eigenvalue weighted by Crippen LogP contribution is 2.33. The van der Waals surface area contributed by atoms with Crippen LogP contribution in [0.15, 0.2) is 30.5 Å². The summed E-state index contributed by atoms with van der Waals surface area (Å²) in [6.07, 6.45) is 4.07. The zero-order valence-electron chi connectivity index (χ0n) is 11.5. The topological polar surface area (TPSA) is 53.4 Å². The van der Waals surface area contributed by atoms with Crippen molar-refractivity contribution in [3.05, 3.63) is 36.0 Å². The van der Waals surface area contributed by atoms with Crippen molar-refractivity contribution in [3.63, 3.8) is 0 Å². The summed E-state index contributed by atoms with van der Waals surface area (Å²) in [5.74, 6) is 0.750. The summed E-state index contributed by atoms with van der Waals surface area (Å²) in [7, 11) is 0. The van der Waals surface area contributed by atoms with Gasteiger partial charge < -0.3 is 10.0 Å². The second kappa shape index (κ2) is 5.12. The van der Waals surface area contributed by atoms with Crippen LogP contribution in [0.5, 0.6) is 0 Å². The molecule has 0 bridgehead atoms. The normalized spacial score (nSPS) is 14.4. The molecule has 1 saturated carbocycles. The van der Waals surface area contributed by atoms with E-state index < -0.39 is 5.97 Å². The SMILES string of the molecule is CCN(CC1CC1)c1ncc(C(=O)O)c2ccccc12. The van der Waals surface area contributed by atoms with E-state index in [1.165, 1.54) is 19.0 Å². The molecule has 1 aromatic heterocycles. The van der Waals surface area contributed by atoms with Crippen LogP contribution in [0.4, 0.5) is 5.82 Å². The molecule has 1 N–H and O–H groups in total. The zero-order chi connectivity index (χ0) is 14.1. The number of fused-ring (bicyclic) bond motifs is 1. The van der Waals surface area contributed by atoms with Crippen LogP contribution >= 0.6 is 0 Å². The number of carboxylic acid groups (broad SMARTS) is 1. The van der Waals surface area contributed by atoms with E-state index in [0.29, 0.717) is 0 Å². The van der Waals surface area contributed by atoms with E-state index >= 15 is 0 Å². The van der Waals surface area contributed by atoms with Crippen LogP contribution in [0.25, 0.3) is 10.8 Å². The van der Waals surface area contributed by atoms with Gasteiger partial charge in [0.1, 0.15) is 5.82 Å². The van der Waals surface area contributed by atoms with Crippen molar-refractivity contribution >= 4 is 22.6 Å². The van der Waals surface area contributed by atoms with Gasteiger partial charge in [0.25, 0.3) is 0 Å². The molecule has 3 rings (SSSR count). The first-order valence-corrected chi connectivity index (χ1v) is 7.06. The first-order valence-electron chi connectivity index (χ1n) is 7.06. The minimum atomic E-state index is -0.925. The van der Waals surface area contributed by atoms with Crippen LogP contribution in [0.1, 0.15) is 30.1 Å². The summed E-state index contributed by atoms with van der Waals surface area (Å²) in [6.45, 7) is 4.02. The third-order valence-corrected chi connectivity index (χ3v) is 3.86. The summed E-state index contributed by atoms with van der Waals surface area (Å²) < 4.78 is 0. The van der Waals surface area contributed by atoms with Crippen molar-refractivity contribution in [1.29, 1.82) is 0 Å². The average molecular weight is 270 g/mol. The highest BCUT2D eigenvalue weighted by Gasteiger charge is 2.25. The number of aromatic nitrogens is 1. The lowest BCUT2D eigenvalue weighted by molar-refractivity contribution is 0.0698. The Hall–Kier alpha value is -2.10. The predicted molar refractivity (Wildman–Crippen MR) is 79.3 cm³/mol. The molecule has 1 aromatic carbocycles. The second-order valence-electron chi connectivity index (χ2n) is 5.33. The van der Waals surface area contributed by atoms with Gasteiger partial charge in [-0.05, 0) is 25.7 Å². The van der Waals surface area contributed by atoms with Gasteiger partial charge in [0.05, 0.1) is 5.56 Å². The largest absolute Gasteiger partial charge is 0.478 e. The minimum Gasteiger partial charge on any atom is -0.478 e. The Morgan fingerprint density at radius 1 is 1.35 bits per heavy atom. The van der Waals surface area contributed by atoms with Crippen molar-refractivity contribution in [3.8, 4) is 0 Å². The van der Waals surface area contributed by atoms with Crippen molar-refractivity contribution in [2.45, 2.75) is 19.8 Å². The van der Waals surface area contributed by atoms with Gasteiger partial charge in [-0.25, -0.2) is 9.78 Å². The molecule has 1 aliphatic rings. The van der Waals surface area contributed by atoms with Crippen molar-refractivity contribution in [1.82, 2.24) is 4.98 Å². The fraction of sp³-hybridized carbons (Fsp3) is 0.375. The van der Waals surface area contributed by atoms with E-state index in [1.54, 1.807) is 0 Å². The number of aromatic carboxylic acids is 1. The molecule has 0 saturated heterocycles. The zero-order valence-corrected chi connectivity index (χ0v) is 11.5. The van der Waals surface area contributed by atoms with Crippen LogP contribution in [0.2, 0.25) is 0 Å². The summed E-state index contributed by atoms with van der Waals surface area (Å²) in [5, 5.41) is 11.0. The number of hydrogen-bond donors (Lipinski definition) is 1. The highest BCUT2D eigenvalue weighted by molar-refractivity contribution is 6.06. The summed E-state index contributed by atoms with van der Waals surface area (Å²) in [4.78, 5) is 18.0. The maximum Gasteiger partial charge on any atom is 0.337 e. The Labute approximate surface area is 118 Å². The average Bonchev–Trinajstić information content (AvgIpc) is 3.27. The fourth-order valence-electron chi connectivity index (χ4n) is 2.58. The number of carbonyl (C=O) groups is 1. The number of nitrogens with zero attached hydrogens (tertiary/aromatic N) is 2. The van der Waals surface area contributed by atoms with Gasteiger partial charge >= 0.3 is 5.97 Å². The molecule has 0 atom stereocenters. The van der Waals surface area contributed by atoms with Gasteiger partial charge in [0, 0.05) is 30.1 Å². The highest BCUT2D eigenvalue weighted by atomic mass is 16.4. The molecular weight excluding hydrogens is 252 g/mol. The maximum atomic E-state index is 11.3. The van der Waals surface area contributed by atoms with Crippen LogP contribution < -0.4 is 4.90 Å². The Bertz CT molecular complexity index is 650. The first kappa shape index (κ1) is 12.9. The molecule has 104 valence electrons. The molecule has 0 spiro atoms. The number of anilines is 1. The lowest BCUT2D eigenvalue weighted by atomic mass is 10.1. The van der Waals surface area contributed by atoms with Crippen LogP contribution in [-0.4, -0.2) is 29.1 Å². The van der Waals surface area contributed by atoms with E-state index in [0.717, 1.165) is 35.6 Å². The summed E-state index contributed by atoms with van der Waals surface area (Å²) >= 11 is 0. The van der Waals surface area contributed by atoms with Gasteiger partial charge in [-0.3, -0.25) is 0 Å². The van der Waals surface area contributed by atoms with Crippen molar-refractivity contribution in [2.75, 3.05) is 18.0 Å². The molecule has 0 amide bonds. The quantitative estimate of drug-likeness (QED) is 0.906. The molecule has 1 aliphatic carbocycles. The first-order chi connectivity index (χ1) is 9.70. The minimum absolute atomic E-state index is 0.270. The molecule has 0 unspecified atom stereocenters. The standard InChI is InChI=1S/C16H18N2O2/c1-2-18(10-11-7-8-11)15-13-6-4-3-5-12(13)14(9-17-15)16(19)20/h3-6,9,11H,2,7-8,10H2,1H3,(H,19,20). The van der Waals surface area contributed by atoms with Crippen LogP contribution in [-0.2, 0) is 0 Å². The third kappa shape index (κ3) is 2.33. The summed E-state index contributed by atoms with van der Waals surface area (Å²) in [6, 6.07) is 7.62. The monoisotopic (exact) mass is 270 g/mol. The number of pyridine rings is 1. The molecule has 4 heteroatoms. The lowest BCUT2D eigenvalue weighted by Crippen LogP contribution is -2.26. The van der Waals surface area contributed by atoms with Crippen molar-refractivity contribution in [2.24, 2.45) is 5.92 Å². The maximum absolute atomic E-state index is 11.3. The van der Waals surface area contributed by atoms with Crippen molar-refractivity contribution < 1.29 is 9.90 Å². The van der Waals surface area contributed by atoms with E-state index in [1.807, 2.05) is 24.3 Å². The van der Waals surface area contributed by atoms with Gasteiger partial charge in [0.15, 0.2) is 0 Å². The third-order valence-electron chi connectivity index (χ3n) is 3.86. The number of benzene rings is 1. The van der Waals surface area contributed by atoms with E-state index in [4.69, 9.17) is 0 Å². The van der Waals surface area contributed by atoms with E-state index in [9.17, 15) is 9.90 Å². The number of hydrogen-bond acceptors (Lipinski definition) is 3. The second-order valence-corrected chi connectivity index (χ2v) is 5.33. The number of carboxylic acids is 1. The van der Waals surface area contributed by atoms with Crippen LogP contribution in [0.3, 0.4) is 0 Å². The number of rotatable bonds is 5. The molecule has 4 nitrogen and oxygen atoms in total. The predicted octanol–water partition coefficient (Wildman–Crippen LogP) is 3.17. The molecular formula is C16H18N2O2. The van der Waals surface area contributed by atoms with Crippen LogP contribution in [0, 0.1) is 5.92 Å². The smallest absolute Gasteiger partial charge is 0.337 e. The molecule has 1 fully saturated rings. The molecule has 0 aliphatic heterocycles. The Balaban J connectivity index is 2.10. The fourth-order valence-corrected chi connectivity index (χ4v) is 2.58. The van der Waals surface area contributed by atoms with E-state index in [2.05, 4.69) is 16.8 Å². The molecule has 20 heavy (non-hydrogen) atoms. The van der Waals surface area contributed by atoms with Gasteiger partial charge in [-0.15, -0.1) is 0 Å². The van der Waals surface area contributed by atoms with Gasteiger partial charge in [0.2, 0.25) is 0 Å². The van der Waals surface area contributed by atoms with Gasteiger partial charge in [-0.2, -0.15) is 0 Å². The Kier molecular flexibility index (Phi) is 3.30. The molecule has 0 radical (unpaired) electrons. The van der Waals surface area contributed by atoms with E-state index in [-0.39, 0.29) is 5.56 Å². The molecule has 1 heterocycles. The summed E-state index contributed by atoms with van der Waals surface area (Å²) in [5.41, 5.74) is 0.270. The Morgan fingerprint density at radius 3 is 2.65 bits per heavy atom.